The number of aliphatic hydroxyl groups is 1. The quantitative estimate of drug-likeness (QED) is 0.231. The monoisotopic (exact) mass is 316 g/mol. The van der Waals surface area contributed by atoms with Crippen molar-refractivity contribution in [1.29, 1.82) is 0 Å². The third-order valence-corrected chi connectivity index (χ3v) is 3.61. The van der Waals surface area contributed by atoms with Crippen LogP contribution < -0.4 is 0 Å². The Bertz CT molecular complexity index is 305. The predicted octanol–water partition coefficient (Wildman–Crippen LogP) is 3.21. The van der Waals surface area contributed by atoms with Crippen molar-refractivity contribution in [2.45, 2.75) is 71.2 Å². The minimum absolute atomic E-state index is 0.264. The van der Waals surface area contributed by atoms with Gasteiger partial charge in [-0.05, 0) is 19.8 Å². The standard InChI is InChI=1S/C17H32O5/c1-5-9-10-11-12-17(19,7-3)16(22-15(18)6-2)21-14-13-20-8-4/h6,16,19H,2,5,7-14H2,1,3-4H3. The smallest absolute Gasteiger partial charge is 0.332 e. The summed E-state index contributed by atoms with van der Waals surface area (Å²) < 4.78 is 16.0. The van der Waals surface area contributed by atoms with Crippen molar-refractivity contribution in [2.75, 3.05) is 19.8 Å². The second-order valence-corrected chi connectivity index (χ2v) is 5.31. The summed E-state index contributed by atoms with van der Waals surface area (Å²) in [5, 5.41) is 10.8. The Hall–Kier alpha value is -0.910. The number of hydrogen-bond donors (Lipinski definition) is 1. The van der Waals surface area contributed by atoms with Gasteiger partial charge in [0.1, 0.15) is 5.60 Å². The zero-order valence-corrected chi connectivity index (χ0v) is 14.3. The molecule has 1 N–H and O–H groups in total. The summed E-state index contributed by atoms with van der Waals surface area (Å²) in [4.78, 5) is 11.5. The Labute approximate surface area is 134 Å². The molecule has 130 valence electrons. The summed E-state index contributed by atoms with van der Waals surface area (Å²) in [6.07, 6.45) is 5.23. The Balaban J connectivity index is 4.65. The van der Waals surface area contributed by atoms with Gasteiger partial charge in [0.15, 0.2) is 0 Å². The van der Waals surface area contributed by atoms with Crippen molar-refractivity contribution in [3.63, 3.8) is 0 Å². The molecule has 0 heterocycles. The first-order chi connectivity index (χ1) is 10.5. The molecular weight excluding hydrogens is 284 g/mol. The lowest BCUT2D eigenvalue weighted by Crippen LogP contribution is -2.46. The summed E-state index contributed by atoms with van der Waals surface area (Å²) in [5.41, 5.74) is -1.18. The number of carbonyl (C=O) groups is 1. The van der Waals surface area contributed by atoms with Crippen LogP contribution in [-0.2, 0) is 19.0 Å². The van der Waals surface area contributed by atoms with Crippen LogP contribution in [0.25, 0.3) is 0 Å². The largest absolute Gasteiger partial charge is 0.429 e. The minimum atomic E-state index is -1.18. The van der Waals surface area contributed by atoms with Crippen molar-refractivity contribution in [1.82, 2.24) is 0 Å². The van der Waals surface area contributed by atoms with Crippen molar-refractivity contribution in [2.24, 2.45) is 0 Å². The molecule has 2 atom stereocenters. The fourth-order valence-electron chi connectivity index (χ4n) is 2.13. The maximum absolute atomic E-state index is 11.5. The maximum Gasteiger partial charge on any atom is 0.332 e. The Morgan fingerprint density at radius 1 is 1.23 bits per heavy atom. The zero-order chi connectivity index (χ0) is 16.8. The molecule has 0 fully saturated rings. The van der Waals surface area contributed by atoms with E-state index in [1.807, 2.05) is 13.8 Å². The van der Waals surface area contributed by atoms with Gasteiger partial charge in [-0.1, -0.05) is 46.1 Å². The van der Waals surface area contributed by atoms with Gasteiger partial charge in [-0.25, -0.2) is 4.79 Å². The molecule has 0 aromatic rings. The zero-order valence-electron chi connectivity index (χ0n) is 14.3. The number of carbonyl (C=O) groups excluding carboxylic acids is 1. The normalized spacial score (nSPS) is 15.1. The first kappa shape index (κ1) is 21.1. The second kappa shape index (κ2) is 12.6. The first-order valence-electron chi connectivity index (χ1n) is 8.28. The molecule has 0 radical (unpaired) electrons. The number of rotatable bonds is 14. The van der Waals surface area contributed by atoms with Crippen LogP contribution >= 0.6 is 0 Å². The van der Waals surface area contributed by atoms with E-state index in [-0.39, 0.29) is 6.61 Å². The SMILES string of the molecule is C=CC(=O)OC(OCCOCC)C(O)(CC)CCCCCC. The molecule has 5 nitrogen and oxygen atoms in total. The highest BCUT2D eigenvalue weighted by Gasteiger charge is 2.38. The molecule has 0 saturated carbocycles. The van der Waals surface area contributed by atoms with Gasteiger partial charge in [0.05, 0.1) is 13.2 Å². The van der Waals surface area contributed by atoms with E-state index in [0.29, 0.717) is 26.1 Å². The van der Waals surface area contributed by atoms with Gasteiger partial charge in [-0.15, -0.1) is 0 Å². The third-order valence-electron chi connectivity index (χ3n) is 3.61. The molecule has 0 aliphatic heterocycles. The van der Waals surface area contributed by atoms with E-state index >= 15 is 0 Å². The predicted molar refractivity (Wildman–Crippen MR) is 86.5 cm³/mol. The number of esters is 1. The molecule has 0 spiro atoms. The highest BCUT2D eigenvalue weighted by Crippen LogP contribution is 2.26. The maximum atomic E-state index is 11.5. The van der Waals surface area contributed by atoms with Crippen LogP contribution in [0.4, 0.5) is 0 Å². The van der Waals surface area contributed by atoms with E-state index in [9.17, 15) is 9.90 Å². The van der Waals surface area contributed by atoms with E-state index in [4.69, 9.17) is 14.2 Å². The van der Waals surface area contributed by atoms with Crippen LogP contribution in [-0.4, -0.2) is 42.8 Å². The lowest BCUT2D eigenvalue weighted by atomic mass is 9.92. The van der Waals surface area contributed by atoms with Gasteiger partial charge in [-0.2, -0.15) is 0 Å². The van der Waals surface area contributed by atoms with Crippen LogP contribution in [0.5, 0.6) is 0 Å². The summed E-state index contributed by atoms with van der Waals surface area (Å²) >= 11 is 0. The summed E-state index contributed by atoms with van der Waals surface area (Å²) in [5.74, 6) is -0.596. The van der Waals surface area contributed by atoms with E-state index in [1.165, 1.54) is 0 Å². The average Bonchev–Trinajstić information content (AvgIpc) is 2.53. The van der Waals surface area contributed by atoms with Gasteiger partial charge in [0, 0.05) is 12.7 Å². The highest BCUT2D eigenvalue weighted by molar-refractivity contribution is 5.81. The Morgan fingerprint density at radius 2 is 1.95 bits per heavy atom. The van der Waals surface area contributed by atoms with Gasteiger partial charge < -0.3 is 19.3 Å². The number of ether oxygens (including phenoxy) is 3. The average molecular weight is 316 g/mol. The van der Waals surface area contributed by atoms with E-state index < -0.39 is 17.9 Å². The molecule has 22 heavy (non-hydrogen) atoms. The molecule has 0 aliphatic rings. The van der Waals surface area contributed by atoms with E-state index in [1.54, 1.807) is 0 Å². The molecule has 0 aromatic heterocycles. The lowest BCUT2D eigenvalue weighted by molar-refractivity contribution is -0.237. The topological polar surface area (TPSA) is 65.0 Å². The molecule has 2 unspecified atom stereocenters. The Kier molecular flexibility index (Phi) is 12.1. The molecular formula is C17H32O5. The van der Waals surface area contributed by atoms with Crippen LogP contribution in [0, 0.1) is 0 Å². The van der Waals surface area contributed by atoms with Crippen LogP contribution in [0.2, 0.25) is 0 Å². The Morgan fingerprint density at radius 3 is 2.50 bits per heavy atom. The summed E-state index contributed by atoms with van der Waals surface area (Å²) in [6, 6.07) is 0. The number of hydrogen-bond acceptors (Lipinski definition) is 5. The molecule has 0 rings (SSSR count). The van der Waals surface area contributed by atoms with Crippen molar-refractivity contribution >= 4 is 5.97 Å². The van der Waals surface area contributed by atoms with E-state index in [2.05, 4.69) is 13.5 Å². The van der Waals surface area contributed by atoms with Crippen LogP contribution in [0.3, 0.4) is 0 Å². The van der Waals surface area contributed by atoms with Crippen molar-refractivity contribution < 1.29 is 24.1 Å². The van der Waals surface area contributed by atoms with Gasteiger partial charge >= 0.3 is 5.97 Å². The van der Waals surface area contributed by atoms with Crippen molar-refractivity contribution in [3.05, 3.63) is 12.7 Å². The third kappa shape index (κ3) is 8.51. The van der Waals surface area contributed by atoms with Gasteiger partial charge in [0.2, 0.25) is 6.29 Å². The van der Waals surface area contributed by atoms with Crippen LogP contribution in [0.15, 0.2) is 12.7 Å². The minimum Gasteiger partial charge on any atom is -0.429 e. The molecule has 0 bridgehead atoms. The highest BCUT2D eigenvalue weighted by atomic mass is 16.7. The van der Waals surface area contributed by atoms with Gasteiger partial charge in [-0.3, -0.25) is 0 Å². The molecule has 0 saturated heterocycles. The molecule has 5 heteroatoms. The summed E-state index contributed by atoms with van der Waals surface area (Å²) in [7, 11) is 0. The lowest BCUT2D eigenvalue weighted by Gasteiger charge is -2.34. The van der Waals surface area contributed by atoms with Crippen molar-refractivity contribution in [3.8, 4) is 0 Å². The van der Waals surface area contributed by atoms with Crippen LogP contribution in [0.1, 0.15) is 59.3 Å². The molecule has 0 aliphatic carbocycles. The number of unbranched alkanes of at least 4 members (excludes halogenated alkanes) is 3. The van der Waals surface area contributed by atoms with Gasteiger partial charge in [0.25, 0.3) is 0 Å². The molecule has 0 aromatic carbocycles. The summed E-state index contributed by atoms with van der Waals surface area (Å²) in [6.45, 7) is 10.5. The first-order valence-corrected chi connectivity index (χ1v) is 8.28. The molecule has 0 amide bonds. The fraction of sp³-hybridized carbons (Fsp3) is 0.824. The second-order valence-electron chi connectivity index (χ2n) is 5.31. The fourth-order valence-corrected chi connectivity index (χ4v) is 2.13. The van der Waals surface area contributed by atoms with E-state index in [0.717, 1.165) is 31.8 Å².